The van der Waals surface area contributed by atoms with Crippen molar-refractivity contribution < 1.29 is 0 Å². The van der Waals surface area contributed by atoms with Crippen molar-refractivity contribution in [3.63, 3.8) is 0 Å². The largest absolute Gasteiger partial charge is 0.307 e. The average Bonchev–Trinajstić information content (AvgIpc) is 2.15. The van der Waals surface area contributed by atoms with Gasteiger partial charge < -0.3 is 5.32 Å². The second kappa shape index (κ2) is 2.53. The van der Waals surface area contributed by atoms with Crippen molar-refractivity contribution in [2.24, 2.45) is 0 Å². The molecular weight excluding hydrogens is 110 g/mol. The van der Waals surface area contributed by atoms with Crippen molar-refractivity contribution in [2.45, 2.75) is 33.2 Å². The van der Waals surface area contributed by atoms with Crippen molar-refractivity contribution in [2.75, 3.05) is 6.54 Å². The molecule has 0 aromatic rings. The van der Waals surface area contributed by atoms with Gasteiger partial charge in [0.1, 0.15) is 0 Å². The van der Waals surface area contributed by atoms with Gasteiger partial charge in [0.15, 0.2) is 0 Å². The van der Waals surface area contributed by atoms with E-state index < -0.39 is 0 Å². The van der Waals surface area contributed by atoms with Crippen LogP contribution in [0.5, 0.6) is 0 Å². The van der Waals surface area contributed by atoms with Gasteiger partial charge in [0, 0.05) is 12.6 Å². The molecule has 0 aromatic heterocycles. The molecule has 1 N–H and O–H groups in total. The molecule has 1 heteroatoms. The Morgan fingerprint density at radius 1 is 1.56 bits per heavy atom. The van der Waals surface area contributed by atoms with E-state index in [0.717, 1.165) is 6.54 Å². The van der Waals surface area contributed by atoms with Crippen molar-refractivity contribution in [3.8, 4) is 0 Å². The highest BCUT2D eigenvalue weighted by Gasteiger charge is 2.15. The summed E-state index contributed by atoms with van der Waals surface area (Å²) in [5.41, 5.74) is 3.08. The fourth-order valence-corrected chi connectivity index (χ4v) is 1.32. The zero-order chi connectivity index (χ0) is 6.85. The molecule has 0 aromatic carbocycles. The zero-order valence-corrected chi connectivity index (χ0v) is 6.49. The SMILES string of the molecule is CCC1NCC(C)=C1C. The number of hydrogen-bond donors (Lipinski definition) is 1. The summed E-state index contributed by atoms with van der Waals surface area (Å²) in [7, 11) is 0. The molecule has 0 bridgehead atoms. The Morgan fingerprint density at radius 3 is 2.44 bits per heavy atom. The molecule has 0 fully saturated rings. The lowest BCUT2D eigenvalue weighted by Crippen LogP contribution is -2.22. The van der Waals surface area contributed by atoms with Gasteiger partial charge in [-0.3, -0.25) is 0 Å². The van der Waals surface area contributed by atoms with Gasteiger partial charge in [-0.1, -0.05) is 18.1 Å². The second-order valence-corrected chi connectivity index (χ2v) is 2.81. The third-order valence-corrected chi connectivity index (χ3v) is 2.22. The number of rotatable bonds is 1. The monoisotopic (exact) mass is 125 g/mol. The number of hydrogen-bond acceptors (Lipinski definition) is 1. The quantitative estimate of drug-likeness (QED) is 0.526. The molecule has 1 atom stereocenters. The van der Waals surface area contributed by atoms with Crippen LogP contribution in [-0.4, -0.2) is 12.6 Å². The Hall–Kier alpha value is -0.300. The van der Waals surface area contributed by atoms with E-state index in [-0.39, 0.29) is 0 Å². The van der Waals surface area contributed by atoms with Gasteiger partial charge in [-0.2, -0.15) is 0 Å². The maximum atomic E-state index is 3.43. The summed E-state index contributed by atoms with van der Waals surface area (Å²) in [6.45, 7) is 7.76. The maximum absolute atomic E-state index is 3.43. The summed E-state index contributed by atoms with van der Waals surface area (Å²) >= 11 is 0. The van der Waals surface area contributed by atoms with E-state index in [1.54, 1.807) is 5.57 Å². The molecule has 0 amide bonds. The van der Waals surface area contributed by atoms with Gasteiger partial charge >= 0.3 is 0 Å². The summed E-state index contributed by atoms with van der Waals surface area (Å²) in [5, 5.41) is 3.43. The molecule has 1 nitrogen and oxygen atoms in total. The van der Waals surface area contributed by atoms with E-state index in [1.165, 1.54) is 12.0 Å². The van der Waals surface area contributed by atoms with Gasteiger partial charge in [0.25, 0.3) is 0 Å². The van der Waals surface area contributed by atoms with E-state index in [9.17, 15) is 0 Å². The van der Waals surface area contributed by atoms with Crippen LogP contribution in [0.1, 0.15) is 27.2 Å². The van der Waals surface area contributed by atoms with Crippen LogP contribution in [0.2, 0.25) is 0 Å². The zero-order valence-electron chi connectivity index (χ0n) is 6.49. The summed E-state index contributed by atoms with van der Waals surface area (Å²) in [5.74, 6) is 0. The highest BCUT2D eigenvalue weighted by atomic mass is 14.9. The third kappa shape index (κ3) is 1.16. The second-order valence-electron chi connectivity index (χ2n) is 2.81. The maximum Gasteiger partial charge on any atom is 0.0280 e. The lowest BCUT2D eigenvalue weighted by atomic mass is 10.1. The van der Waals surface area contributed by atoms with Gasteiger partial charge in [0.2, 0.25) is 0 Å². The topological polar surface area (TPSA) is 12.0 Å². The fourth-order valence-electron chi connectivity index (χ4n) is 1.32. The molecule has 0 spiro atoms. The minimum absolute atomic E-state index is 0.671. The van der Waals surface area contributed by atoms with Gasteiger partial charge in [-0.25, -0.2) is 0 Å². The van der Waals surface area contributed by atoms with Crippen molar-refractivity contribution in [1.82, 2.24) is 5.32 Å². The fraction of sp³-hybridized carbons (Fsp3) is 0.750. The Bertz CT molecular complexity index is 136. The molecule has 1 aliphatic heterocycles. The van der Waals surface area contributed by atoms with E-state index in [4.69, 9.17) is 0 Å². The lowest BCUT2D eigenvalue weighted by Gasteiger charge is -2.07. The van der Waals surface area contributed by atoms with Crippen LogP contribution in [0.3, 0.4) is 0 Å². The molecule has 0 radical (unpaired) electrons. The summed E-state index contributed by atoms with van der Waals surface area (Å²) in [6.07, 6.45) is 1.23. The molecule has 1 heterocycles. The molecule has 1 unspecified atom stereocenters. The normalized spacial score (nSPS) is 27.7. The van der Waals surface area contributed by atoms with Crippen molar-refractivity contribution >= 4 is 0 Å². The van der Waals surface area contributed by atoms with E-state index in [1.807, 2.05) is 0 Å². The molecule has 52 valence electrons. The molecule has 0 saturated carbocycles. The Kier molecular flexibility index (Phi) is 1.91. The minimum atomic E-state index is 0.671. The highest BCUT2D eigenvalue weighted by Crippen LogP contribution is 2.16. The first kappa shape index (κ1) is 6.81. The predicted molar refractivity (Wildman–Crippen MR) is 40.5 cm³/mol. The standard InChI is InChI=1S/C8H15N/c1-4-8-7(3)6(2)5-9-8/h8-9H,4-5H2,1-3H3. The Morgan fingerprint density at radius 2 is 2.22 bits per heavy atom. The van der Waals surface area contributed by atoms with Crippen LogP contribution in [-0.2, 0) is 0 Å². The van der Waals surface area contributed by atoms with Crippen LogP contribution >= 0.6 is 0 Å². The first-order valence-corrected chi connectivity index (χ1v) is 3.65. The molecule has 1 rings (SSSR count). The highest BCUT2D eigenvalue weighted by molar-refractivity contribution is 5.22. The molecule has 1 aliphatic rings. The van der Waals surface area contributed by atoms with E-state index >= 15 is 0 Å². The van der Waals surface area contributed by atoms with Crippen molar-refractivity contribution in [1.29, 1.82) is 0 Å². The van der Waals surface area contributed by atoms with Gasteiger partial charge in [0.05, 0.1) is 0 Å². The van der Waals surface area contributed by atoms with Crippen LogP contribution in [0.15, 0.2) is 11.1 Å². The van der Waals surface area contributed by atoms with E-state index in [2.05, 4.69) is 26.1 Å². The summed E-state index contributed by atoms with van der Waals surface area (Å²) in [4.78, 5) is 0. The summed E-state index contributed by atoms with van der Waals surface area (Å²) in [6, 6.07) is 0.671. The average molecular weight is 125 g/mol. The summed E-state index contributed by atoms with van der Waals surface area (Å²) < 4.78 is 0. The third-order valence-electron chi connectivity index (χ3n) is 2.22. The Balaban J connectivity index is 2.63. The van der Waals surface area contributed by atoms with Gasteiger partial charge in [-0.15, -0.1) is 0 Å². The van der Waals surface area contributed by atoms with Gasteiger partial charge in [-0.05, 0) is 20.3 Å². The van der Waals surface area contributed by atoms with Crippen molar-refractivity contribution in [3.05, 3.63) is 11.1 Å². The Labute approximate surface area is 57.1 Å². The molecule has 9 heavy (non-hydrogen) atoms. The van der Waals surface area contributed by atoms with Crippen LogP contribution in [0, 0.1) is 0 Å². The van der Waals surface area contributed by atoms with Crippen LogP contribution in [0.25, 0.3) is 0 Å². The smallest absolute Gasteiger partial charge is 0.0280 e. The first-order valence-electron chi connectivity index (χ1n) is 3.65. The molecule has 0 aliphatic carbocycles. The lowest BCUT2D eigenvalue weighted by molar-refractivity contribution is 0.625. The van der Waals surface area contributed by atoms with E-state index in [0.29, 0.717) is 6.04 Å². The number of nitrogens with one attached hydrogen (secondary N) is 1. The minimum Gasteiger partial charge on any atom is -0.307 e. The van der Waals surface area contributed by atoms with Crippen LogP contribution < -0.4 is 5.32 Å². The molecular formula is C8H15N. The molecule has 0 saturated heterocycles. The predicted octanol–water partition coefficient (Wildman–Crippen LogP) is 1.70. The first-order chi connectivity index (χ1) is 4.25. The van der Waals surface area contributed by atoms with Crippen LogP contribution in [0.4, 0.5) is 0 Å².